The van der Waals surface area contributed by atoms with Crippen LogP contribution in [-0.4, -0.2) is 29.8 Å². The van der Waals surface area contributed by atoms with Crippen LogP contribution in [0.2, 0.25) is 0 Å². The third-order valence-corrected chi connectivity index (χ3v) is 4.36. The molecule has 1 N–H and O–H groups in total. The smallest absolute Gasteiger partial charge is 0.342 e. The Morgan fingerprint density at radius 2 is 2.09 bits per heavy atom. The highest BCUT2D eigenvalue weighted by Gasteiger charge is 2.35. The second-order valence-corrected chi connectivity index (χ2v) is 5.97. The highest BCUT2D eigenvalue weighted by molar-refractivity contribution is 5.99. The van der Waals surface area contributed by atoms with Gasteiger partial charge in [-0.25, -0.2) is 4.79 Å². The number of carbonyl (C=O) groups is 2. The molecule has 6 heteroatoms. The first-order valence-electron chi connectivity index (χ1n) is 7.37. The summed E-state index contributed by atoms with van der Waals surface area (Å²) >= 11 is 0. The summed E-state index contributed by atoms with van der Waals surface area (Å²) < 4.78 is 15.7. The Hall–Kier alpha value is -2.50. The van der Waals surface area contributed by atoms with E-state index < -0.39 is 11.6 Å². The highest BCUT2D eigenvalue weighted by Crippen LogP contribution is 2.42. The lowest BCUT2D eigenvalue weighted by Crippen LogP contribution is -2.20. The summed E-state index contributed by atoms with van der Waals surface area (Å²) in [6.07, 6.45) is 4.27. The molecule has 0 radical (unpaired) electrons. The zero-order valence-electron chi connectivity index (χ0n) is 13.3. The van der Waals surface area contributed by atoms with Crippen molar-refractivity contribution in [2.24, 2.45) is 0 Å². The van der Waals surface area contributed by atoms with Gasteiger partial charge in [-0.1, -0.05) is 0 Å². The van der Waals surface area contributed by atoms with Gasteiger partial charge >= 0.3 is 11.9 Å². The first-order chi connectivity index (χ1) is 10.9. The predicted octanol–water partition coefficient (Wildman–Crippen LogP) is 2.49. The average molecular weight is 318 g/mol. The maximum atomic E-state index is 11.8. The van der Waals surface area contributed by atoms with Crippen LogP contribution in [-0.2, 0) is 20.9 Å². The Kier molecular flexibility index (Phi) is 3.55. The van der Waals surface area contributed by atoms with Gasteiger partial charge in [0, 0.05) is 18.4 Å². The fraction of sp³-hybridized carbons (Fsp3) is 0.412. The minimum atomic E-state index is -0.720. The van der Waals surface area contributed by atoms with E-state index in [1.807, 2.05) is 6.92 Å². The molecule has 0 bridgehead atoms. The standard InChI is InChI=1S/C17H18O6/c1-9-11-8-22-16(20)13(11)14(19)10(15(9)21-3)4-6-17(2)7-5-12(18)23-17/h4,6,19H,5,7-8H2,1-3H3. The van der Waals surface area contributed by atoms with Crippen molar-refractivity contribution >= 4 is 18.0 Å². The van der Waals surface area contributed by atoms with Gasteiger partial charge in [-0.3, -0.25) is 4.79 Å². The molecule has 3 rings (SSSR count). The number of phenolic OH excluding ortho intramolecular Hbond substituents is 1. The largest absolute Gasteiger partial charge is 0.506 e. The summed E-state index contributed by atoms with van der Waals surface area (Å²) in [5.74, 6) is -0.490. The summed E-state index contributed by atoms with van der Waals surface area (Å²) in [5.41, 5.74) is 1.23. The van der Waals surface area contributed by atoms with E-state index >= 15 is 0 Å². The van der Waals surface area contributed by atoms with Gasteiger partial charge in [0.05, 0.1) is 12.7 Å². The van der Waals surface area contributed by atoms with Gasteiger partial charge in [0.15, 0.2) is 0 Å². The number of phenols is 1. The number of hydrogen-bond donors (Lipinski definition) is 1. The van der Waals surface area contributed by atoms with Crippen LogP contribution >= 0.6 is 0 Å². The zero-order chi connectivity index (χ0) is 16.8. The predicted molar refractivity (Wildman–Crippen MR) is 81.3 cm³/mol. The second-order valence-electron chi connectivity index (χ2n) is 5.97. The molecule has 0 aliphatic carbocycles. The van der Waals surface area contributed by atoms with Gasteiger partial charge in [-0.05, 0) is 31.6 Å². The SMILES string of the molecule is COc1c(C)c2c(c(O)c1C=CC1(C)CCC(=O)O1)C(=O)OC2. The lowest BCUT2D eigenvalue weighted by atomic mass is 9.95. The number of aromatic hydroxyl groups is 1. The van der Waals surface area contributed by atoms with Crippen LogP contribution in [0.15, 0.2) is 6.08 Å². The molecule has 122 valence electrons. The molecular formula is C17H18O6. The van der Waals surface area contributed by atoms with Crippen molar-refractivity contribution in [3.63, 3.8) is 0 Å². The van der Waals surface area contributed by atoms with Crippen molar-refractivity contribution in [2.75, 3.05) is 7.11 Å². The van der Waals surface area contributed by atoms with Gasteiger partial charge in [-0.2, -0.15) is 0 Å². The first kappa shape index (κ1) is 15.4. The number of fused-ring (bicyclic) bond motifs is 1. The van der Waals surface area contributed by atoms with Gasteiger partial charge in [-0.15, -0.1) is 0 Å². The molecule has 0 aromatic heterocycles. The average Bonchev–Trinajstić information content (AvgIpc) is 3.05. The van der Waals surface area contributed by atoms with E-state index in [-0.39, 0.29) is 23.9 Å². The van der Waals surface area contributed by atoms with Gasteiger partial charge < -0.3 is 19.3 Å². The van der Waals surface area contributed by atoms with E-state index in [0.717, 1.165) is 5.56 Å². The lowest BCUT2D eigenvalue weighted by Gasteiger charge is -2.19. The highest BCUT2D eigenvalue weighted by atomic mass is 16.6. The number of benzene rings is 1. The van der Waals surface area contributed by atoms with Crippen LogP contribution in [0.4, 0.5) is 0 Å². The normalized spacial score (nSPS) is 23.1. The summed E-state index contributed by atoms with van der Waals surface area (Å²) in [6, 6.07) is 0. The van der Waals surface area contributed by atoms with Crippen molar-refractivity contribution < 1.29 is 28.9 Å². The maximum absolute atomic E-state index is 11.8. The van der Waals surface area contributed by atoms with Crippen molar-refractivity contribution in [2.45, 2.75) is 38.9 Å². The van der Waals surface area contributed by atoms with Crippen LogP contribution in [0.1, 0.15) is 46.8 Å². The summed E-state index contributed by atoms with van der Waals surface area (Å²) in [7, 11) is 1.50. The van der Waals surface area contributed by atoms with Gasteiger partial charge in [0.2, 0.25) is 0 Å². The van der Waals surface area contributed by atoms with E-state index in [1.165, 1.54) is 7.11 Å². The third-order valence-electron chi connectivity index (χ3n) is 4.36. The Labute approximate surface area is 133 Å². The van der Waals surface area contributed by atoms with Crippen LogP contribution in [0.5, 0.6) is 11.5 Å². The molecule has 1 aromatic rings. The molecule has 1 atom stereocenters. The minimum absolute atomic E-state index is 0.128. The van der Waals surface area contributed by atoms with Crippen molar-refractivity contribution in [3.05, 3.63) is 28.3 Å². The quantitative estimate of drug-likeness (QED) is 0.862. The van der Waals surface area contributed by atoms with Crippen molar-refractivity contribution in [1.82, 2.24) is 0 Å². The second kappa shape index (κ2) is 5.30. The van der Waals surface area contributed by atoms with E-state index in [2.05, 4.69) is 0 Å². The third kappa shape index (κ3) is 2.44. The Bertz CT molecular complexity index is 733. The Morgan fingerprint density at radius 1 is 1.35 bits per heavy atom. The number of ether oxygens (including phenoxy) is 3. The van der Waals surface area contributed by atoms with Gasteiger partial charge in [0.1, 0.15) is 29.3 Å². The number of rotatable bonds is 3. The van der Waals surface area contributed by atoms with Crippen LogP contribution in [0.25, 0.3) is 6.08 Å². The molecule has 6 nitrogen and oxygen atoms in total. The number of esters is 2. The van der Waals surface area contributed by atoms with E-state index in [9.17, 15) is 14.7 Å². The fourth-order valence-corrected chi connectivity index (χ4v) is 3.03. The van der Waals surface area contributed by atoms with E-state index in [0.29, 0.717) is 29.7 Å². The summed E-state index contributed by atoms with van der Waals surface area (Å²) in [5, 5.41) is 10.5. The van der Waals surface area contributed by atoms with Crippen LogP contribution < -0.4 is 4.74 Å². The molecular weight excluding hydrogens is 300 g/mol. The van der Waals surface area contributed by atoms with E-state index in [1.54, 1.807) is 19.1 Å². The lowest BCUT2D eigenvalue weighted by molar-refractivity contribution is -0.144. The molecule has 1 aromatic carbocycles. The molecule has 1 unspecified atom stereocenters. The Morgan fingerprint density at radius 3 is 2.70 bits per heavy atom. The van der Waals surface area contributed by atoms with Crippen LogP contribution in [0.3, 0.4) is 0 Å². The van der Waals surface area contributed by atoms with Gasteiger partial charge in [0.25, 0.3) is 0 Å². The minimum Gasteiger partial charge on any atom is -0.506 e. The molecule has 23 heavy (non-hydrogen) atoms. The number of hydrogen-bond acceptors (Lipinski definition) is 6. The molecule has 2 heterocycles. The molecule has 0 saturated carbocycles. The zero-order valence-corrected chi connectivity index (χ0v) is 13.3. The molecule has 1 fully saturated rings. The maximum Gasteiger partial charge on any atom is 0.342 e. The molecule has 1 saturated heterocycles. The summed E-state index contributed by atoms with van der Waals surface area (Å²) in [6.45, 7) is 3.74. The first-order valence-corrected chi connectivity index (χ1v) is 7.37. The number of methoxy groups -OCH3 is 1. The number of carbonyl (C=O) groups excluding carboxylic acids is 2. The Balaban J connectivity index is 2.09. The number of cyclic esters (lactones) is 2. The topological polar surface area (TPSA) is 82.1 Å². The molecule has 2 aliphatic rings. The van der Waals surface area contributed by atoms with E-state index in [4.69, 9.17) is 14.2 Å². The summed E-state index contributed by atoms with van der Waals surface area (Å²) in [4.78, 5) is 23.2. The molecule has 0 spiro atoms. The van der Waals surface area contributed by atoms with Crippen molar-refractivity contribution in [1.29, 1.82) is 0 Å². The van der Waals surface area contributed by atoms with Crippen LogP contribution in [0, 0.1) is 6.92 Å². The fourth-order valence-electron chi connectivity index (χ4n) is 3.03. The molecule has 2 aliphatic heterocycles. The van der Waals surface area contributed by atoms with Crippen molar-refractivity contribution in [3.8, 4) is 11.5 Å². The molecule has 0 amide bonds. The monoisotopic (exact) mass is 318 g/mol.